The van der Waals surface area contributed by atoms with E-state index in [9.17, 15) is 14.4 Å². The first-order chi connectivity index (χ1) is 17.2. The van der Waals surface area contributed by atoms with E-state index in [1.165, 1.54) is 0 Å². The van der Waals surface area contributed by atoms with Gasteiger partial charge in [0, 0.05) is 36.3 Å². The number of alkyl carbamates (subject to hydrolysis) is 1. The van der Waals surface area contributed by atoms with Crippen LogP contribution in [-0.2, 0) is 14.3 Å². The van der Waals surface area contributed by atoms with Crippen LogP contribution in [-0.4, -0.2) is 73.1 Å². The topological polar surface area (TPSA) is 130 Å². The standard InChI is InChI=1S/C8H17NO2.C7H16N2O.C7H15NO2.C6H15N/c1-6(2)9-8(10)5-11-7(3)4;1-5(2)8-7(10)9-6(3)4;1-5(2)8-7(9)10-6(3)4;1-5(2)7-6(3)4/h6-7H,5H2,1-4H3,(H,9,10);5-6H,1-4H3,(H2,8,9,10);5-6H,1-4H3,(H,8,9);5-7H,1-4H3. The Morgan fingerprint density at radius 3 is 1.11 bits per heavy atom. The summed E-state index contributed by atoms with van der Waals surface area (Å²) in [5.74, 6) is -0.0475. The summed E-state index contributed by atoms with van der Waals surface area (Å²) in [5.41, 5.74) is 0. The minimum Gasteiger partial charge on any atom is -0.447 e. The Labute approximate surface area is 234 Å². The Morgan fingerprint density at radius 2 is 0.868 bits per heavy atom. The highest BCUT2D eigenvalue weighted by Crippen LogP contribution is 1.89. The molecular formula is C28H63N5O5. The summed E-state index contributed by atoms with van der Waals surface area (Å²) >= 11 is 0. The third kappa shape index (κ3) is 50.7. The van der Waals surface area contributed by atoms with Gasteiger partial charge in [0.05, 0.1) is 12.2 Å². The van der Waals surface area contributed by atoms with Crippen LogP contribution in [0.1, 0.15) is 111 Å². The molecule has 10 heteroatoms. The molecule has 0 saturated heterocycles. The lowest BCUT2D eigenvalue weighted by Gasteiger charge is -2.11. The molecule has 0 fully saturated rings. The van der Waals surface area contributed by atoms with Gasteiger partial charge in [-0.25, -0.2) is 9.59 Å². The van der Waals surface area contributed by atoms with E-state index in [0.29, 0.717) is 12.1 Å². The van der Waals surface area contributed by atoms with E-state index in [4.69, 9.17) is 9.47 Å². The summed E-state index contributed by atoms with van der Waals surface area (Å²) in [6, 6.07) is 1.91. The molecule has 4 amide bonds. The Hall–Kier alpha value is -2.07. The quantitative estimate of drug-likeness (QED) is 0.262. The predicted molar refractivity (Wildman–Crippen MR) is 160 cm³/mol. The zero-order valence-electron chi connectivity index (χ0n) is 27.4. The van der Waals surface area contributed by atoms with Crippen LogP contribution in [0, 0.1) is 0 Å². The maximum Gasteiger partial charge on any atom is 0.407 e. The monoisotopic (exact) mass is 549 g/mol. The van der Waals surface area contributed by atoms with Crippen molar-refractivity contribution < 1.29 is 23.9 Å². The zero-order valence-corrected chi connectivity index (χ0v) is 27.4. The van der Waals surface area contributed by atoms with Crippen molar-refractivity contribution in [3.8, 4) is 0 Å². The summed E-state index contributed by atoms with van der Waals surface area (Å²) in [5, 5.41) is 14.1. The largest absolute Gasteiger partial charge is 0.447 e. The minimum absolute atomic E-state index is 0.0428. The molecule has 0 saturated carbocycles. The van der Waals surface area contributed by atoms with Crippen molar-refractivity contribution in [2.45, 2.75) is 159 Å². The fourth-order valence-corrected chi connectivity index (χ4v) is 2.32. The van der Waals surface area contributed by atoms with Crippen molar-refractivity contribution in [3.63, 3.8) is 0 Å². The second-order valence-corrected chi connectivity index (χ2v) is 11.2. The maximum atomic E-state index is 10.9. The van der Waals surface area contributed by atoms with Gasteiger partial charge in [0.1, 0.15) is 6.61 Å². The van der Waals surface area contributed by atoms with Crippen LogP contribution < -0.4 is 26.6 Å². The molecule has 0 atom stereocenters. The van der Waals surface area contributed by atoms with Crippen LogP contribution in [0.25, 0.3) is 0 Å². The van der Waals surface area contributed by atoms with E-state index in [0.717, 1.165) is 0 Å². The van der Waals surface area contributed by atoms with E-state index in [-0.39, 0.29) is 61.0 Å². The lowest BCUT2D eigenvalue weighted by molar-refractivity contribution is -0.127. The third-order valence-electron chi connectivity index (χ3n) is 3.25. The second-order valence-electron chi connectivity index (χ2n) is 11.2. The van der Waals surface area contributed by atoms with Crippen LogP contribution in [0.2, 0.25) is 0 Å². The first kappa shape index (κ1) is 43.0. The van der Waals surface area contributed by atoms with E-state index >= 15 is 0 Å². The number of hydrogen-bond donors (Lipinski definition) is 5. The summed E-state index contributed by atoms with van der Waals surface area (Å²) in [7, 11) is 0. The molecule has 5 N–H and O–H groups in total. The van der Waals surface area contributed by atoms with Crippen LogP contribution in [0.4, 0.5) is 9.59 Å². The summed E-state index contributed by atoms with van der Waals surface area (Å²) in [6.45, 7) is 31.6. The number of carbonyl (C=O) groups excluding carboxylic acids is 3. The van der Waals surface area contributed by atoms with Gasteiger partial charge in [-0.05, 0) is 83.1 Å². The number of rotatable bonds is 10. The van der Waals surface area contributed by atoms with Gasteiger partial charge < -0.3 is 36.1 Å². The first-order valence-corrected chi connectivity index (χ1v) is 13.9. The smallest absolute Gasteiger partial charge is 0.407 e. The molecule has 0 radical (unpaired) electrons. The molecule has 0 heterocycles. The molecule has 10 nitrogen and oxygen atoms in total. The Balaban J connectivity index is -0.000000205. The lowest BCUT2D eigenvalue weighted by atomic mass is 10.3. The summed E-state index contributed by atoms with van der Waals surface area (Å²) < 4.78 is 9.90. The van der Waals surface area contributed by atoms with Crippen LogP contribution >= 0.6 is 0 Å². The highest BCUT2D eigenvalue weighted by Gasteiger charge is 2.05. The van der Waals surface area contributed by atoms with Gasteiger partial charge in [-0.2, -0.15) is 0 Å². The molecule has 230 valence electrons. The van der Waals surface area contributed by atoms with Crippen molar-refractivity contribution in [1.29, 1.82) is 0 Å². The highest BCUT2D eigenvalue weighted by atomic mass is 16.6. The van der Waals surface area contributed by atoms with E-state index in [1.54, 1.807) is 0 Å². The fraction of sp³-hybridized carbons (Fsp3) is 0.893. The second kappa shape index (κ2) is 26.5. The number of carbonyl (C=O) groups is 3. The van der Waals surface area contributed by atoms with Gasteiger partial charge >= 0.3 is 12.1 Å². The highest BCUT2D eigenvalue weighted by molar-refractivity contribution is 5.77. The maximum absolute atomic E-state index is 10.9. The molecular weight excluding hydrogens is 486 g/mol. The predicted octanol–water partition coefficient (Wildman–Crippen LogP) is 4.96. The van der Waals surface area contributed by atoms with Crippen molar-refractivity contribution in [1.82, 2.24) is 26.6 Å². The molecule has 0 aromatic carbocycles. The molecule has 0 spiro atoms. The van der Waals surface area contributed by atoms with Gasteiger partial charge in [0.25, 0.3) is 0 Å². The number of nitrogens with one attached hydrogen (secondary N) is 5. The SMILES string of the molecule is CC(C)NC(=O)COC(C)C.CC(C)NC(=O)NC(C)C.CC(C)NC(=O)OC(C)C.CC(C)NC(C)C. The molecule has 0 aromatic rings. The average molecular weight is 550 g/mol. The van der Waals surface area contributed by atoms with Gasteiger partial charge in [-0.3, -0.25) is 4.79 Å². The minimum atomic E-state index is -0.343. The van der Waals surface area contributed by atoms with E-state index in [2.05, 4.69) is 54.3 Å². The van der Waals surface area contributed by atoms with Crippen molar-refractivity contribution >= 4 is 18.0 Å². The van der Waals surface area contributed by atoms with Gasteiger partial charge in [0.2, 0.25) is 5.91 Å². The number of hydrogen-bond acceptors (Lipinski definition) is 6. The Kier molecular flexibility index (Phi) is 30.0. The van der Waals surface area contributed by atoms with Gasteiger partial charge in [0.15, 0.2) is 0 Å². The van der Waals surface area contributed by atoms with Crippen LogP contribution in [0.15, 0.2) is 0 Å². The third-order valence-corrected chi connectivity index (χ3v) is 3.25. The van der Waals surface area contributed by atoms with Crippen molar-refractivity contribution in [2.75, 3.05) is 6.61 Å². The summed E-state index contributed by atoms with van der Waals surface area (Å²) in [6.07, 6.45) is -0.267. The molecule has 0 aliphatic carbocycles. The fourth-order valence-electron chi connectivity index (χ4n) is 2.32. The van der Waals surface area contributed by atoms with Crippen molar-refractivity contribution in [2.24, 2.45) is 0 Å². The van der Waals surface area contributed by atoms with E-state index in [1.807, 2.05) is 83.1 Å². The number of amides is 4. The molecule has 0 aliphatic heterocycles. The number of urea groups is 1. The van der Waals surface area contributed by atoms with Gasteiger partial charge in [-0.15, -0.1) is 0 Å². The molecule has 0 bridgehead atoms. The first-order valence-electron chi connectivity index (χ1n) is 13.9. The molecule has 0 aromatic heterocycles. The molecule has 0 unspecified atom stereocenters. The average Bonchev–Trinajstić information content (AvgIpc) is 2.63. The van der Waals surface area contributed by atoms with E-state index < -0.39 is 0 Å². The molecule has 0 aliphatic rings. The normalized spacial score (nSPS) is 10.5. The molecule has 0 rings (SSSR count). The van der Waals surface area contributed by atoms with Crippen LogP contribution in [0.5, 0.6) is 0 Å². The van der Waals surface area contributed by atoms with Crippen molar-refractivity contribution in [3.05, 3.63) is 0 Å². The zero-order chi connectivity index (χ0) is 31.0. The Bertz CT molecular complexity index is 520. The lowest BCUT2D eigenvalue weighted by Crippen LogP contribution is -2.42. The van der Waals surface area contributed by atoms with Gasteiger partial charge in [-0.1, -0.05) is 27.7 Å². The van der Waals surface area contributed by atoms with Crippen LogP contribution in [0.3, 0.4) is 0 Å². The summed E-state index contributed by atoms with van der Waals surface area (Å²) in [4.78, 5) is 32.5. The Morgan fingerprint density at radius 1 is 0.500 bits per heavy atom. The molecule has 38 heavy (non-hydrogen) atoms. The number of ether oxygens (including phenoxy) is 2.